The van der Waals surface area contributed by atoms with Gasteiger partial charge >= 0.3 is 18.1 Å². The molecule has 0 aliphatic carbocycles. The quantitative estimate of drug-likeness (QED) is 0.548. The highest BCUT2D eigenvalue weighted by Gasteiger charge is 2.48. The predicted octanol–water partition coefficient (Wildman–Crippen LogP) is 4.75. The molecule has 0 aromatic heterocycles. The Bertz CT molecular complexity index is 1160. The molecule has 192 valence electrons. The number of carbonyl (C=O) groups excluding carboxylic acids is 2. The van der Waals surface area contributed by atoms with Crippen molar-refractivity contribution in [2.75, 3.05) is 43.2 Å². The van der Waals surface area contributed by atoms with Gasteiger partial charge in [-0.15, -0.1) is 0 Å². The molecule has 1 saturated heterocycles. The molecule has 1 amide bonds. The summed E-state index contributed by atoms with van der Waals surface area (Å²) in [5.74, 6) is -1.77. The van der Waals surface area contributed by atoms with Gasteiger partial charge in [-0.1, -0.05) is 18.2 Å². The Labute approximate surface area is 206 Å². The molecule has 2 aromatic rings. The first-order valence-electron chi connectivity index (χ1n) is 12.0. The minimum absolute atomic E-state index is 0.0552. The lowest BCUT2D eigenvalue weighted by molar-refractivity contribution is -0.171. The van der Waals surface area contributed by atoms with Crippen molar-refractivity contribution in [1.29, 1.82) is 0 Å². The Balaban J connectivity index is 1.50. The number of amides is 1. The fourth-order valence-corrected chi connectivity index (χ4v) is 5.26. The van der Waals surface area contributed by atoms with Gasteiger partial charge in [0.15, 0.2) is 0 Å². The number of ether oxygens (including phenoxy) is 3. The maximum absolute atomic E-state index is 13.8. The topological polar surface area (TPSA) is 68.3 Å². The van der Waals surface area contributed by atoms with Crippen LogP contribution in [0.3, 0.4) is 0 Å². The second-order valence-electron chi connectivity index (χ2n) is 9.25. The SMILES string of the molecule is COC(=O)C[C@@H]1COc2cc(N(C(=O)C(F)(F)F)[C@@H]3COc4c3cccc4N3CCCCC3)ccc21. The molecule has 0 spiro atoms. The fourth-order valence-electron chi connectivity index (χ4n) is 5.26. The van der Waals surface area contributed by atoms with Gasteiger partial charge in [0.25, 0.3) is 0 Å². The predicted molar refractivity (Wildman–Crippen MR) is 126 cm³/mol. The van der Waals surface area contributed by atoms with Crippen LogP contribution in [0, 0.1) is 0 Å². The molecule has 0 bridgehead atoms. The lowest BCUT2D eigenvalue weighted by Gasteiger charge is -2.31. The monoisotopic (exact) mass is 504 g/mol. The molecule has 0 radical (unpaired) electrons. The van der Waals surface area contributed by atoms with Crippen LogP contribution < -0.4 is 19.3 Å². The average Bonchev–Trinajstić information content (AvgIpc) is 3.48. The Morgan fingerprint density at radius 1 is 1.06 bits per heavy atom. The van der Waals surface area contributed by atoms with E-state index < -0.39 is 24.1 Å². The van der Waals surface area contributed by atoms with Crippen molar-refractivity contribution in [1.82, 2.24) is 0 Å². The van der Waals surface area contributed by atoms with E-state index in [9.17, 15) is 22.8 Å². The number of para-hydroxylation sites is 1. The van der Waals surface area contributed by atoms with Gasteiger partial charge in [-0.25, -0.2) is 0 Å². The first-order chi connectivity index (χ1) is 17.3. The van der Waals surface area contributed by atoms with Crippen molar-refractivity contribution >= 4 is 23.3 Å². The molecule has 10 heteroatoms. The third-order valence-electron chi connectivity index (χ3n) is 7.03. The van der Waals surface area contributed by atoms with Crippen LogP contribution in [-0.2, 0) is 14.3 Å². The highest BCUT2D eigenvalue weighted by molar-refractivity contribution is 5.98. The Kier molecular flexibility index (Phi) is 6.44. The van der Waals surface area contributed by atoms with Gasteiger partial charge < -0.3 is 19.1 Å². The summed E-state index contributed by atoms with van der Waals surface area (Å²) in [5.41, 5.74) is 2.14. The molecular weight excluding hydrogens is 477 g/mol. The molecule has 0 unspecified atom stereocenters. The summed E-state index contributed by atoms with van der Waals surface area (Å²) in [6.07, 6.45) is -1.77. The van der Waals surface area contributed by atoms with E-state index in [-0.39, 0.29) is 31.2 Å². The van der Waals surface area contributed by atoms with Crippen LogP contribution in [0.4, 0.5) is 24.5 Å². The molecule has 7 nitrogen and oxygen atoms in total. The first kappa shape index (κ1) is 24.3. The summed E-state index contributed by atoms with van der Waals surface area (Å²) in [6, 6.07) is 8.98. The Morgan fingerprint density at radius 3 is 2.56 bits per heavy atom. The smallest absolute Gasteiger partial charge is 0.471 e. The van der Waals surface area contributed by atoms with Crippen molar-refractivity contribution in [3.8, 4) is 11.5 Å². The van der Waals surface area contributed by atoms with Gasteiger partial charge in [0.2, 0.25) is 0 Å². The molecule has 3 aliphatic heterocycles. The number of rotatable bonds is 5. The van der Waals surface area contributed by atoms with Crippen molar-refractivity contribution in [3.63, 3.8) is 0 Å². The van der Waals surface area contributed by atoms with E-state index in [1.807, 2.05) is 6.07 Å². The van der Waals surface area contributed by atoms with Crippen LogP contribution in [0.2, 0.25) is 0 Å². The molecular formula is C26H27F3N2O5. The van der Waals surface area contributed by atoms with Gasteiger partial charge in [-0.05, 0) is 31.4 Å². The number of fused-ring (bicyclic) bond motifs is 2. The first-order valence-corrected chi connectivity index (χ1v) is 12.0. The zero-order valence-electron chi connectivity index (χ0n) is 19.8. The molecule has 3 heterocycles. The molecule has 3 aliphatic rings. The van der Waals surface area contributed by atoms with Crippen molar-refractivity contribution < 1.29 is 37.0 Å². The number of hydrogen-bond donors (Lipinski definition) is 0. The second kappa shape index (κ2) is 9.55. The van der Waals surface area contributed by atoms with Crippen LogP contribution >= 0.6 is 0 Å². The molecule has 2 atom stereocenters. The maximum atomic E-state index is 13.8. The molecule has 5 rings (SSSR count). The van der Waals surface area contributed by atoms with E-state index in [1.54, 1.807) is 18.2 Å². The average molecular weight is 505 g/mol. The van der Waals surface area contributed by atoms with Crippen LogP contribution in [0.15, 0.2) is 36.4 Å². The number of carbonyl (C=O) groups is 2. The second-order valence-corrected chi connectivity index (χ2v) is 9.25. The number of alkyl halides is 3. The minimum atomic E-state index is -5.08. The molecule has 1 fully saturated rings. The van der Waals surface area contributed by atoms with E-state index in [4.69, 9.17) is 14.2 Å². The van der Waals surface area contributed by atoms with E-state index in [1.165, 1.54) is 19.2 Å². The van der Waals surface area contributed by atoms with Gasteiger partial charge in [-0.3, -0.25) is 14.5 Å². The molecule has 0 saturated carbocycles. The normalized spacial score (nSPS) is 20.7. The van der Waals surface area contributed by atoms with Crippen LogP contribution in [0.25, 0.3) is 0 Å². The molecule has 2 aromatic carbocycles. The lowest BCUT2D eigenvalue weighted by Crippen LogP contribution is -2.44. The van der Waals surface area contributed by atoms with Crippen molar-refractivity contribution in [2.45, 2.75) is 43.8 Å². The number of benzene rings is 2. The zero-order chi connectivity index (χ0) is 25.4. The van der Waals surface area contributed by atoms with Gasteiger partial charge in [0, 0.05) is 41.9 Å². The lowest BCUT2D eigenvalue weighted by atomic mass is 9.97. The van der Waals surface area contributed by atoms with Crippen molar-refractivity contribution in [3.05, 3.63) is 47.5 Å². The summed E-state index contributed by atoms with van der Waals surface area (Å²) >= 11 is 0. The number of piperidine rings is 1. The van der Waals surface area contributed by atoms with Gasteiger partial charge in [-0.2, -0.15) is 13.2 Å². The molecule has 0 N–H and O–H groups in total. The minimum Gasteiger partial charge on any atom is -0.493 e. The summed E-state index contributed by atoms with van der Waals surface area (Å²) in [6.45, 7) is 1.82. The number of esters is 1. The van der Waals surface area contributed by atoms with Crippen LogP contribution in [-0.4, -0.2) is 51.5 Å². The summed E-state index contributed by atoms with van der Waals surface area (Å²) in [7, 11) is 1.29. The Hall–Kier alpha value is -3.43. The third-order valence-corrected chi connectivity index (χ3v) is 7.03. The van der Waals surface area contributed by atoms with E-state index in [0.29, 0.717) is 22.6 Å². The maximum Gasteiger partial charge on any atom is 0.471 e. The third kappa shape index (κ3) is 4.44. The van der Waals surface area contributed by atoms with Crippen molar-refractivity contribution in [2.24, 2.45) is 0 Å². The number of nitrogens with zero attached hydrogens (tertiary/aromatic N) is 2. The summed E-state index contributed by atoms with van der Waals surface area (Å²) in [5, 5.41) is 0. The van der Waals surface area contributed by atoms with E-state index in [0.717, 1.165) is 42.9 Å². The standard InChI is InChI=1S/C26H27F3N2O5/c1-34-23(32)12-16-14-35-22-13-17(8-9-18(16)22)31(25(33)26(27,28)29)21-15-36-24-19(21)6-5-7-20(24)30-10-3-2-4-11-30/h5-9,13,16,21H,2-4,10-12,14-15H2,1H3/t16-,21-/m1/s1. The largest absolute Gasteiger partial charge is 0.493 e. The van der Waals surface area contributed by atoms with E-state index in [2.05, 4.69) is 4.90 Å². The van der Waals surface area contributed by atoms with Gasteiger partial charge in [0.05, 0.1) is 31.9 Å². The summed E-state index contributed by atoms with van der Waals surface area (Å²) in [4.78, 5) is 27.4. The zero-order valence-corrected chi connectivity index (χ0v) is 19.8. The van der Waals surface area contributed by atoms with Crippen LogP contribution in [0.1, 0.15) is 48.8 Å². The molecule has 36 heavy (non-hydrogen) atoms. The number of halogens is 3. The number of anilines is 2. The highest BCUT2D eigenvalue weighted by atomic mass is 19.4. The fraction of sp³-hybridized carbons (Fsp3) is 0.462. The van der Waals surface area contributed by atoms with Crippen LogP contribution in [0.5, 0.6) is 11.5 Å². The van der Waals surface area contributed by atoms with E-state index >= 15 is 0 Å². The van der Waals surface area contributed by atoms with Gasteiger partial charge in [0.1, 0.15) is 18.1 Å². The summed E-state index contributed by atoms with van der Waals surface area (Å²) < 4.78 is 57.7. The Morgan fingerprint density at radius 2 is 1.83 bits per heavy atom. The number of hydrogen-bond acceptors (Lipinski definition) is 6. The number of methoxy groups -OCH3 is 1. The highest BCUT2D eigenvalue weighted by Crippen LogP contribution is 2.47.